The quantitative estimate of drug-likeness (QED) is 0.779. The van der Waals surface area contributed by atoms with Gasteiger partial charge in [-0.15, -0.1) is 11.3 Å². The molecule has 0 aliphatic rings. The van der Waals surface area contributed by atoms with Crippen LogP contribution in [0.5, 0.6) is 0 Å². The Labute approximate surface area is 128 Å². The first-order valence-corrected chi connectivity index (χ1v) is 8.03. The highest BCUT2D eigenvalue weighted by molar-refractivity contribution is 7.16. The van der Waals surface area contributed by atoms with Gasteiger partial charge in [0.25, 0.3) is 0 Å². The van der Waals surface area contributed by atoms with Crippen LogP contribution >= 0.6 is 22.9 Å². The molecule has 0 aliphatic carbocycles. The first-order chi connectivity index (χ1) is 9.60. The van der Waals surface area contributed by atoms with Gasteiger partial charge >= 0.3 is 0 Å². The zero-order chi connectivity index (χ0) is 14.5. The number of nitrogens with one attached hydrogen (secondary N) is 1. The molecule has 1 atom stereocenters. The molecule has 0 radical (unpaired) electrons. The van der Waals surface area contributed by atoms with Crippen LogP contribution in [0, 0.1) is 12.7 Å². The molecular weight excluding hydrogens is 293 g/mol. The lowest BCUT2D eigenvalue weighted by Gasteiger charge is -2.19. The van der Waals surface area contributed by atoms with Crippen molar-refractivity contribution >= 4 is 22.9 Å². The average Bonchev–Trinajstić information content (AvgIpc) is 2.80. The van der Waals surface area contributed by atoms with Gasteiger partial charge in [0.05, 0.1) is 4.34 Å². The van der Waals surface area contributed by atoms with Crippen molar-refractivity contribution in [3.8, 4) is 0 Å². The van der Waals surface area contributed by atoms with Crippen molar-refractivity contribution in [1.29, 1.82) is 0 Å². The largest absolute Gasteiger partial charge is 0.310 e. The van der Waals surface area contributed by atoms with Gasteiger partial charge in [-0.05, 0) is 43.7 Å². The minimum Gasteiger partial charge on any atom is -0.310 e. The summed E-state index contributed by atoms with van der Waals surface area (Å²) in [5.41, 5.74) is 1.67. The Morgan fingerprint density at radius 1 is 1.30 bits per heavy atom. The summed E-state index contributed by atoms with van der Waals surface area (Å²) in [5.74, 6) is -0.138. The molecule has 0 saturated heterocycles. The van der Waals surface area contributed by atoms with E-state index in [2.05, 4.69) is 12.2 Å². The molecule has 0 bridgehead atoms. The van der Waals surface area contributed by atoms with Gasteiger partial charge in [-0.25, -0.2) is 4.39 Å². The minimum atomic E-state index is -0.138. The molecule has 2 aromatic rings. The molecule has 0 amide bonds. The van der Waals surface area contributed by atoms with Gasteiger partial charge in [-0.1, -0.05) is 30.7 Å². The molecule has 1 unspecified atom stereocenters. The molecule has 108 valence electrons. The number of halogens is 2. The third-order valence-electron chi connectivity index (χ3n) is 3.21. The average molecular weight is 312 g/mol. The van der Waals surface area contributed by atoms with Crippen LogP contribution in [0.15, 0.2) is 30.3 Å². The lowest BCUT2D eigenvalue weighted by molar-refractivity contribution is 0.499. The topological polar surface area (TPSA) is 12.0 Å². The van der Waals surface area contributed by atoms with Crippen LogP contribution in [-0.4, -0.2) is 6.54 Å². The SMILES string of the molecule is CCCNC(Cc1ccc(Cl)s1)c1ccc(C)cc1F. The summed E-state index contributed by atoms with van der Waals surface area (Å²) in [7, 11) is 0. The first kappa shape index (κ1) is 15.5. The molecule has 1 aromatic carbocycles. The Kier molecular flexibility index (Phi) is 5.58. The molecule has 2 rings (SSSR count). The molecule has 4 heteroatoms. The second-order valence-electron chi connectivity index (χ2n) is 4.94. The van der Waals surface area contributed by atoms with Gasteiger partial charge < -0.3 is 5.32 Å². The van der Waals surface area contributed by atoms with Crippen LogP contribution in [-0.2, 0) is 6.42 Å². The van der Waals surface area contributed by atoms with Gasteiger partial charge in [0.2, 0.25) is 0 Å². The predicted octanol–water partition coefficient (Wildman–Crippen LogP) is 5.13. The number of thiophene rings is 1. The van der Waals surface area contributed by atoms with E-state index in [1.165, 1.54) is 4.88 Å². The van der Waals surface area contributed by atoms with Crippen molar-refractivity contribution < 1.29 is 4.39 Å². The second-order valence-corrected chi connectivity index (χ2v) is 6.74. The van der Waals surface area contributed by atoms with Gasteiger partial charge in [0.15, 0.2) is 0 Å². The highest BCUT2D eigenvalue weighted by Crippen LogP contribution is 2.28. The van der Waals surface area contributed by atoms with Crippen LogP contribution in [0.1, 0.15) is 35.4 Å². The van der Waals surface area contributed by atoms with E-state index in [0.29, 0.717) is 0 Å². The fourth-order valence-corrected chi connectivity index (χ4v) is 3.32. The summed E-state index contributed by atoms with van der Waals surface area (Å²) in [6.45, 7) is 4.88. The van der Waals surface area contributed by atoms with Crippen LogP contribution in [0.2, 0.25) is 4.34 Å². The van der Waals surface area contributed by atoms with Gasteiger partial charge in [-0.2, -0.15) is 0 Å². The van der Waals surface area contributed by atoms with Gasteiger partial charge in [0, 0.05) is 22.9 Å². The standard InChI is InChI=1S/C16H19ClFNS/c1-3-8-19-15(10-12-5-7-16(17)20-12)13-6-4-11(2)9-14(13)18/h4-7,9,15,19H,3,8,10H2,1-2H3. The highest BCUT2D eigenvalue weighted by Gasteiger charge is 2.16. The molecule has 1 N–H and O–H groups in total. The Morgan fingerprint density at radius 3 is 2.70 bits per heavy atom. The zero-order valence-corrected chi connectivity index (χ0v) is 13.3. The van der Waals surface area contributed by atoms with Crippen LogP contribution in [0.4, 0.5) is 4.39 Å². The number of rotatable bonds is 6. The number of hydrogen-bond donors (Lipinski definition) is 1. The Morgan fingerprint density at radius 2 is 2.10 bits per heavy atom. The summed E-state index contributed by atoms with van der Waals surface area (Å²) in [4.78, 5) is 1.17. The molecule has 0 aliphatic heterocycles. The van der Waals surface area contributed by atoms with Crippen molar-refractivity contribution in [3.05, 3.63) is 56.5 Å². The lowest BCUT2D eigenvalue weighted by atomic mass is 10.0. The normalized spacial score (nSPS) is 12.6. The van der Waals surface area contributed by atoms with Crippen LogP contribution in [0.25, 0.3) is 0 Å². The Hall–Kier alpha value is -0.900. The summed E-state index contributed by atoms with van der Waals surface area (Å²) in [5, 5.41) is 3.43. The Balaban J connectivity index is 2.22. The van der Waals surface area contributed by atoms with E-state index in [9.17, 15) is 4.39 Å². The fraction of sp³-hybridized carbons (Fsp3) is 0.375. The third kappa shape index (κ3) is 4.05. The summed E-state index contributed by atoms with van der Waals surface area (Å²) in [6.07, 6.45) is 1.78. The van der Waals surface area contributed by atoms with E-state index in [4.69, 9.17) is 11.6 Å². The Bertz CT molecular complexity index is 567. The minimum absolute atomic E-state index is 0.00901. The number of hydrogen-bond acceptors (Lipinski definition) is 2. The van der Waals surface area contributed by atoms with Crippen LogP contribution in [0.3, 0.4) is 0 Å². The number of aryl methyl sites for hydroxylation is 1. The monoisotopic (exact) mass is 311 g/mol. The molecular formula is C16H19ClFNS. The molecule has 1 aromatic heterocycles. The van der Waals surface area contributed by atoms with E-state index in [1.54, 1.807) is 17.4 Å². The number of benzene rings is 1. The maximum Gasteiger partial charge on any atom is 0.128 e. The summed E-state index contributed by atoms with van der Waals surface area (Å²) < 4.78 is 14.9. The van der Waals surface area contributed by atoms with Crippen LogP contribution < -0.4 is 5.32 Å². The van der Waals surface area contributed by atoms with Gasteiger partial charge in [0.1, 0.15) is 5.82 Å². The van der Waals surface area contributed by atoms with E-state index in [-0.39, 0.29) is 11.9 Å². The highest BCUT2D eigenvalue weighted by atomic mass is 35.5. The van der Waals surface area contributed by atoms with Crippen molar-refractivity contribution in [2.75, 3.05) is 6.54 Å². The maximum absolute atomic E-state index is 14.2. The van der Waals surface area contributed by atoms with E-state index in [0.717, 1.165) is 34.8 Å². The lowest BCUT2D eigenvalue weighted by Crippen LogP contribution is -2.24. The van der Waals surface area contributed by atoms with Gasteiger partial charge in [-0.3, -0.25) is 0 Å². The molecule has 1 heterocycles. The van der Waals surface area contributed by atoms with Crippen molar-refractivity contribution in [1.82, 2.24) is 5.32 Å². The predicted molar refractivity (Wildman–Crippen MR) is 85.2 cm³/mol. The van der Waals surface area contributed by atoms with E-state index < -0.39 is 0 Å². The zero-order valence-electron chi connectivity index (χ0n) is 11.7. The summed E-state index contributed by atoms with van der Waals surface area (Å²) >= 11 is 7.53. The van der Waals surface area contributed by atoms with Crippen molar-refractivity contribution in [2.45, 2.75) is 32.7 Å². The molecule has 20 heavy (non-hydrogen) atoms. The maximum atomic E-state index is 14.2. The van der Waals surface area contributed by atoms with Crippen molar-refractivity contribution in [3.63, 3.8) is 0 Å². The van der Waals surface area contributed by atoms with Crippen molar-refractivity contribution in [2.24, 2.45) is 0 Å². The van der Waals surface area contributed by atoms with E-state index >= 15 is 0 Å². The van der Waals surface area contributed by atoms with E-state index in [1.807, 2.05) is 31.2 Å². The molecule has 1 nitrogen and oxygen atoms in total. The smallest absolute Gasteiger partial charge is 0.128 e. The first-order valence-electron chi connectivity index (χ1n) is 6.83. The molecule has 0 saturated carbocycles. The second kappa shape index (κ2) is 7.21. The summed E-state index contributed by atoms with van der Waals surface area (Å²) in [6, 6.07) is 9.33. The third-order valence-corrected chi connectivity index (χ3v) is 4.46. The molecule has 0 fully saturated rings. The molecule has 0 spiro atoms. The fourth-order valence-electron chi connectivity index (χ4n) is 2.19.